The zero-order valence-electron chi connectivity index (χ0n) is 18.6. The number of carbonyl (C=O) groups excluding carboxylic acids is 1. The van der Waals surface area contributed by atoms with E-state index in [1.165, 1.54) is 0 Å². The van der Waals surface area contributed by atoms with E-state index >= 15 is 0 Å². The van der Waals surface area contributed by atoms with E-state index in [4.69, 9.17) is 14.0 Å². The van der Waals surface area contributed by atoms with E-state index in [1.54, 1.807) is 26.4 Å². The smallest absolute Gasteiger partial charge is 0.241 e. The van der Waals surface area contributed by atoms with Crippen LogP contribution in [0.25, 0.3) is 11.4 Å². The van der Waals surface area contributed by atoms with Gasteiger partial charge in [-0.05, 0) is 50.6 Å². The van der Waals surface area contributed by atoms with Crippen molar-refractivity contribution in [3.05, 3.63) is 53.9 Å². The molecule has 0 radical (unpaired) electrons. The number of rotatable bonds is 7. The van der Waals surface area contributed by atoms with Crippen LogP contribution in [-0.2, 0) is 11.3 Å². The van der Waals surface area contributed by atoms with E-state index in [2.05, 4.69) is 20.4 Å². The molecule has 1 amide bonds. The summed E-state index contributed by atoms with van der Waals surface area (Å²) in [6.45, 7) is 4.21. The van der Waals surface area contributed by atoms with Gasteiger partial charge in [0.15, 0.2) is 11.5 Å². The predicted molar refractivity (Wildman–Crippen MR) is 121 cm³/mol. The largest absolute Gasteiger partial charge is 0.493 e. The standard InChI is InChI=1S/C24H28N4O4/c1-16-6-4-5-7-19(16)23-26-22(32-27-23)15-28-12-10-17(11-13-28)24(29)25-18-8-9-20(30-2)21(14-18)31-3/h4-9,14,17H,10-13,15H2,1-3H3,(H,25,29). The number of aromatic nitrogens is 2. The highest BCUT2D eigenvalue weighted by molar-refractivity contribution is 5.93. The van der Waals surface area contributed by atoms with Gasteiger partial charge >= 0.3 is 0 Å². The molecule has 0 aliphatic carbocycles. The van der Waals surface area contributed by atoms with Crippen LogP contribution in [0.15, 0.2) is 47.0 Å². The SMILES string of the molecule is COc1ccc(NC(=O)C2CCN(Cc3nc(-c4ccccc4C)no3)CC2)cc1OC. The van der Waals surface area contributed by atoms with Gasteiger partial charge in [0.1, 0.15) is 0 Å². The van der Waals surface area contributed by atoms with Gasteiger partial charge in [-0.1, -0.05) is 29.4 Å². The molecule has 0 spiro atoms. The van der Waals surface area contributed by atoms with Gasteiger partial charge in [-0.3, -0.25) is 9.69 Å². The predicted octanol–water partition coefficient (Wildman–Crippen LogP) is 3.91. The van der Waals surface area contributed by atoms with E-state index in [0.717, 1.165) is 37.1 Å². The second kappa shape index (κ2) is 9.82. The number of likely N-dealkylation sites (tertiary alicyclic amines) is 1. The lowest BCUT2D eigenvalue weighted by Gasteiger charge is -2.30. The van der Waals surface area contributed by atoms with Crippen LogP contribution in [0.3, 0.4) is 0 Å². The second-order valence-electron chi connectivity index (χ2n) is 7.94. The van der Waals surface area contributed by atoms with Crippen LogP contribution in [0.4, 0.5) is 5.69 Å². The molecule has 32 heavy (non-hydrogen) atoms. The van der Waals surface area contributed by atoms with Crippen molar-refractivity contribution in [2.75, 3.05) is 32.6 Å². The lowest BCUT2D eigenvalue weighted by Crippen LogP contribution is -2.37. The molecule has 1 aromatic heterocycles. The maximum absolute atomic E-state index is 12.7. The quantitative estimate of drug-likeness (QED) is 0.600. The Hall–Kier alpha value is -3.39. The van der Waals surface area contributed by atoms with Crippen LogP contribution in [0.1, 0.15) is 24.3 Å². The average Bonchev–Trinajstić information content (AvgIpc) is 3.27. The normalized spacial score (nSPS) is 14.8. The summed E-state index contributed by atoms with van der Waals surface area (Å²) in [7, 11) is 3.16. The zero-order chi connectivity index (χ0) is 22.5. The highest BCUT2D eigenvalue weighted by Crippen LogP contribution is 2.30. The van der Waals surface area contributed by atoms with Gasteiger partial charge in [-0.25, -0.2) is 0 Å². The first-order valence-electron chi connectivity index (χ1n) is 10.7. The first kappa shape index (κ1) is 21.8. The lowest BCUT2D eigenvalue weighted by atomic mass is 9.96. The molecule has 0 bridgehead atoms. The molecule has 1 aliphatic rings. The summed E-state index contributed by atoms with van der Waals surface area (Å²) in [6.07, 6.45) is 1.55. The third kappa shape index (κ3) is 4.91. The molecule has 1 aliphatic heterocycles. The van der Waals surface area contributed by atoms with Gasteiger partial charge < -0.3 is 19.3 Å². The van der Waals surface area contributed by atoms with E-state index < -0.39 is 0 Å². The summed E-state index contributed by atoms with van der Waals surface area (Å²) in [5, 5.41) is 7.13. The highest BCUT2D eigenvalue weighted by Gasteiger charge is 2.26. The Morgan fingerprint density at radius 3 is 2.59 bits per heavy atom. The number of ether oxygens (including phenoxy) is 2. The molecule has 1 fully saturated rings. The highest BCUT2D eigenvalue weighted by atomic mass is 16.5. The number of hydrogen-bond acceptors (Lipinski definition) is 7. The summed E-state index contributed by atoms with van der Waals surface area (Å²) in [5.41, 5.74) is 2.79. The van der Waals surface area contributed by atoms with Crippen molar-refractivity contribution in [3.8, 4) is 22.9 Å². The van der Waals surface area contributed by atoms with Crippen molar-refractivity contribution in [2.24, 2.45) is 5.92 Å². The molecule has 8 heteroatoms. The van der Waals surface area contributed by atoms with Gasteiger partial charge in [0, 0.05) is 23.2 Å². The summed E-state index contributed by atoms with van der Waals surface area (Å²) in [5.74, 6) is 2.41. The van der Waals surface area contributed by atoms with E-state index in [1.807, 2.05) is 37.3 Å². The van der Waals surface area contributed by atoms with Gasteiger partial charge in [0.25, 0.3) is 0 Å². The van der Waals surface area contributed by atoms with Crippen molar-refractivity contribution in [3.63, 3.8) is 0 Å². The first-order valence-corrected chi connectivity index (χ1v) is 10.7. The monoisotopic (exact) mass is 436 g/mol. The molecule has 168 valence electrons. The zero-order valence-corrected chi connectivity index (χ0v) is 18.6. The topological polar surface area (TPSA) is 89.7 Å². The average molecular weight is 437 g/mol. The van der Waals surface area contributed by atoms with Crippen LogP contribution in [-0.4, -0.2) is 48.3 Å². The summed E-state index contributed by atoms with van der Waals surface area (Å²) >= 11 is 0. The number of hydrogen-bond donors (Lipinski definition) is 1. The second-order valence-corrected chi connectivity index (χ2v) is 7.94. The number of nitrogens with zero attached hydrogens (tertiary/aromatic N) is 3. The Kier molecular flexibility index (Phi) is 6.70. The molecule has 2 heterocycles. The molecule has 4 rings (SSSR count). The molecule has 3 aromatic rings. The van der Waals surface area contributed by atoms with Crippen LogP contribution < -0.4 is 14.8 Å². The fourth-order valence-electron chi connectivity index (χ4n) is 3.96. The van der Waals surface area contributed by atoms with Gasteiger partial charge in [-0.15, -0.1) is 0 Å². The molecule has 0 atom stereocenters. The summed E-state index contributed by atoms with van der Waals surface area (Å²) in [4.78, 5) is 19.5. The third-order valence-corrected chi connectivity index (χ3v) is 5.82. The minimum Gasteiger partial charge on any atom is -0.493 e. The molecule has 8 nitrogen and oxygen atoms in total. The molecule has 1 saturated heterocycles. The number of methoxy groups -OCH3 is 2. The molecule has 0 unspecified atom stereocenters. The maximum Gasteiger partial charge on any atom is 0.241 e. The van der Waals surface area contributed by atoms with E-state index in [9.17, 15) is 4.79 Å². The molecular weight excluding hydrogens is 408 g/mol. The Bertz CT molecular complexity index is 1070. The minimum atomic E-state index is -0.0374. The van der Waals surface area contributed by atoms with E-state index in [-0.39, 0.29) is 11.8 Å². The van der Waals surface area contributed by atoms with Crippen LogP contribution in [0, 0.1) is 12.8 Å². The molecule has 2 aromatic carbocycles. The van der Waals surface area contributed by atoms with Crippen molar-refractivity contribution < 1.29 is 18.8 Å². The Balaban J connectivity index is 1.30. The summed E-state index contributed by atoms with van der Waals surface area (Å²) in [6, 6.07) is 13.4. The first-order chi connectivity index (χ1) is 15.6. The van der Waals surface area contributed by atoms with Crippen molar-refractivity contribution in [2.45, 2.75) is 26.3 Å². The Morgan fingerprint density at radius 1 is 1.12 bits per heavy atom. The Morgan fingerprint density at radius 2 is 1.88 bits per heavy atom. The number of nitrogens with one attached hydrogen (secondary N) is 1. The van der Waals surface area contributed by atoms with Crippen LogP contribution >= 0.6 is 0 Å². The molecule has 0 saturated carbocycles. The van der Waals surface area contributed by atoms with Crippen molar-refractivity contribution in [1.82, 2.24) is 15.0 Å². The minimum absolute atomic E-state index is 0.0245. The lowest BCUT2D eigenvalue weighted by molar-refractivity contribution is -0.121. The number of amides is 1. The van der Waals surface area contributed by atoms with Crippen LogP contribution in [0.2, 0.25) is 0 Å². The fourth-order valence-corrected chi connectivity index (χ4v) is 3.96. The Labute approximate surface area is 187 Å². The fraction of sp³-hybridized carbons (Fsp3) is 0.375. The third-order valence-electron chi connectivity index (χ3n) is 5.82. The number of carbonyl (C=O) groups is 1. The number of benzene rings is 2. The van der Waals surface area contributed by atoms with Crippen LogP contribution in [0.5, 0.6) is 11.5 Å². The molecule has 1 N–H and O–H groups in total. The number of aryl methyl sites for hydroxylation is 1. The van der Waals surface area contributed by atoms with Crippen molar-refractivity contribution >= 4 is 11.6 Å². The van der Waals surface area contributed by atoms with Gasteiger partial charge in [0.2, 0.25) is 17.6 Å². The number of piperidine rings is 1. The van der Waals surface area contributed by atoms with E-state index in [0.29, 0.717) is 35.4 Å². The van der Waals surface area contributed by atoms with Crippen molar-refractivity contribution in [1.29, 1.82) is 0 Å². The maximum atomic E-state index is 12.7. The number of anilines is 1. The summed E-state index contributed by atoms with van der Waals surface area (Å²) < 4.78 is 16.0. The van der Waals surface area contributed by atoms with Gasteiger partial charge in [-0.2, -0.15) is 4.98 Å². The molecular formula is C24H28N4O4. The van der Waals surface area contributed by atoms with Gasteiger partial charge in [0.05, 0.1) is 20.8 Å².